The van der Waals surface area contributed by atoms with Gasteiger partial charge in [0.15, 0.2) is 0 Å². The van der Waals surface area contributed by atoms with Crippen molar-refractivity contribution in [3.8, 4) is 0 Å². The Morgan fingerprint density at radius 2 is 1.75 bits per heavy atom. The zero-order valence-electron chi connectivity index (χ0n) is 17.0. The third-order valence-corrected chi connectivity index (χ3v) is 5.05. The van der Waals surface area contributed by atoms with Gasteiger partial charge in [0.2, 0.25) is 5.13 Å². The molecule has 2 aromatic rings. The first-order chi connectivity index (χ1) is 13.2. The summed E-state index contributed by atoms with van der Waals surface area (Å²) in [6.45, 7) is 9.99. The normalized spacial score (nSPS) is 11.4. The minimum atomic E-state index is -0.537. The molecule has 0 aliphatic carbocycles. The predicted molar refractivity (Wildman–Crippen MR) is 111 cm³/mol. The third-order valence-electron chi connectivity index (χ3n) is 4.05. The van der Waals surface area contributed by atoms with Gasteiger partial charge < -0.3 is 10.1 Å². The second-order valence-corrected chi connectivity index (χ2v) is 8.47. The molecule has 1 heterocycles. The fraction of sp³-hybridized carbons (Fsp3) is 0.500. The van der Waals surface area contributed by atoms with Crippen molar-refractivity contribution in [1.82, 2.24) is 15.5 Å². The van der Waals surface area contributed by atoms with Crippen LogP contribution in [0, 0.1) is 0 Å². The van der Waals surface area contributed by atoms with E-state index in [1.165, 1.54) is 11.3 Å². The van der Waals surface area contributed by atoms with E-state index < -0.39 is 11.7 Å². The molecule has 0 radical (unpaired) electrons. The Hall–Kier alpha value is -2.48. The van der Waals surface area contributed by atoms with Crippen LogP contribution in [0.2, 0.25) is 0 Å². The maximum Gasteiger partial charge on any atom is 0.407 e. The largest absolute Gasteiger partial charge is 0.444 e. The van der Waals surface area contributed by atoms with Crippen LogP contribution < -0.4 is 10.6 Å². The number of nitrogens with one attached hydrogen (secondary N) is 2. The number of benzene rings is 1. The lowest BCUT2D eigenvalue weighted by Crippen LogP contribution is -2.32. The molecule has 0 spiro atoms. The second kappa shape index (κ2) is 9.64. The number of rotatable bonds is 7. The summed E-state index contributed by atoms with van der Waals surface area (Å²) >= 11 is 1.42. The number of aromatic nitrogens is 2. The van der Waals surface area contributed by atoms with Gasteiger partial charge in [-0.1, -0.05) is 37.3 Å². The highest BCUT2D eigenvalue weighted by molar-refractivity contribution is 7.15. The van der Waals surface area contributed by atoms with Gasteiger partial charge in [0, 0.05) is 18.0 Å². The van der Waals surface area contributed by atoms with Crippen LogP contribution in [0.4, 0.5) is 9.93 Å². The van der Waals surface area contributed by atoms with Gasteiger partial charge in [-0.3, -0.25) is 10.1 Å². The summed E-state index contributed by atoms with van der Waals surface area (Å²) in [4.78, 5) is 24.1. The van der Waals surface area contributed by atoms with E-state index >= 15 is 0 Å². The second-order valence-electron chi connectivity index (χ2n) is 7.47. The Balaban J connectivity index is 1.90. The van der Waals surface area contributed by atoms with Gasteiger partial charge >= 0.3 is 6.09 Å². The Bertz CT molecular complexity index is 793. The van der Waals surface area contributed by atoms with E-state index in [-0.39, 0.29) is 5.91 Å². The number of amides is 2. The molecule has 1 aromatic carbocycles. The third kappa shape index (κ3) is 6.60. The average Bonchev–Trinajstić information content (AvgIpc) is 3.08. The molecule has 0 saturated carbocycles. The van der Waals surface area contributed by atoms with Crippen LogP contribution in [0.3, 0.4) is 0 Å². The molecule has 2 rings (SSSR count). The highest BCUT2D eigenvalue weighted by Crippen LogP contribution is 2.28. The minimum absolute atomic E-state index is 0.237. The molecule has 7 nitrogen and oxygen atoms in total. The van der Waals surface area contributed by atoms with Crippen molar-refractivity contribution >= 4 is 28.5 Å². The van der Waals surface area contributed by atoms with E-state index in [2.05, 4.69) is 34.7 Å². The number of carbonyl (C=O) groups excluding carboxylic acids is 2. The molecular weight excluding hydrogens is 376 g/mol. The van der Waals surface area contributed by atoms with Crippen molar-refractivity contribution in [2.75, 3.05) is 5.32 Å². The number of anilines is 1. The van der Waals surface area contributed by atoms with Crippen molar-refractivity contribution < 1.29 is 14.3 Å². The molecule has 2 amide bonds. The topological polar surface area (TPSA) is 93.2 Å². The fourth-order valence-corrected chi connectivity index (χ4v) is 3.52. The maximum atomic E-state index is 12.4. The van der Waals surface area contributed by atoms with E-state index in [0.717, 1.165) is 23.4 Å². The van der Waals surface area contributed by atoms with Crippen LogP contribution in [-0.4, -0.2) is 27.8 Å². The summed E-state index contributed by atoms with van der Waals surface area (Å²) in [6.07, 6.45) is 1.52. The first kappa shape index (κ1) is 21.8. The Kier molecular flexibility index (Phi) is 7.51. The van der Waals surface area contributed by atoms with Gasteiger partial charge in [-0.05, 0) is 51.3 Å². The molecule has 0 atom stereocenters. The Morgan fingerprint density at radius 1 is 1.11 bits per heavy atom. The zero-order chi connectivity index (χ0) is 20.7. The van der Waals surface area contributed by atoms with Gasteiger partial charge in [-0.25, -0.2) is 4.79 Å². The standard InChI is InChI=1S/C20H28N4O3S/c1-6-14(7-2)17-23-24-18(28-17)22-16(25)15-10-8-13(9-11-15)12-21-19(26)27-20(3,4)5/h8-11,14H,6-7,12H2,1-5H3,(H,21,26)(H,22,24,25). The van der Waals surface area contributed by atoms with Crippen LogP contribution in [0.25, 0.3) is 0 Å². The number of nitrogens with zero attached hydrogens (tertiary/aromatic N) is 2. The fourth-order valence-electron chi connectivity index (χ4n) is 2.52. The lowest BCUT2D eigenvalue weighted by atomic mass is 10.1. The van der Waals surface area contributed by atoms with E-state index in [9.17, 15) is 9.59 Å². The summed E-state index contributed by atoms with van der Waals surface area (Å²) < 4.78 is 5.20. The molecule has 8 heteroatoms. The number of hydrogen-bond acceptors (Lipinski definition) is 6. The summed E-state index contributed by atoms with van der Waals surface area (Å²) in [5, 5.41) is 15.2. The zero-order valence-corrected chi connectivity index (χ0v) is 17.9. The molecule has 0 unspecified atom stereocenters. The Labute approximate surface area is 169 Å². The van der Waals surface area contributed by atoms with Gasteiger partial charge in [0.1, 0.15) is 10.6 Å². The summed E-state index contributed by atoms with van der Waals surface area (Å²) in [6, 6.07) is 7.01. The van der Waals surface area contributed by atoms with Gasteiger partial charge in [-0.2, -0.15) is 0 Å². The summed E-state index contributed by atoms with van der Waals surface area (Å²) in [7, 11) is 0. The van der Waals surface area contributed by atoms with Crippen molar-refractivity contribution in [1.29, 1.82) is 0 Å². The van der Waals surface area contributed by atoms with E-state index in [4.69, 9.17) is 4.74 Å². The average molecular weight is 405 g/mol. The quantitative estimate of drug-likeness (QED) is 0.696. The number of carbonyl (C=O) groups is 2. The van der Waals surface area contributed by atoms with Crippen molar-refractivity contribution in [3.05, 3.63) is 40.4 Å². The van der Waals surface area contributed by atoms with E-state index in [1.807, 2.05) is 20.8 Å². The number of ether oxygens (including phenoxy) is 1. The van der Waals surface area contributed by atoms with Gasteiger partial charge in [-0.15, -0.1) is 10.2 Å². The van der Waals surface area contributed by atoms with Crippen LogP contribution >= 0.6 is 11.3 Å². The van der Waals surface area contributed by atoms with Gasteiger partial charge in [0.05, 0.1) is 0 Å². The lowest BCUT2D eigenvalue weighted by Gasteiger charge is -2.19. The van der Waals surface area contributed by atoms with E-state index in [0.29, 0.717) is 23.2 Å². The predicted octanol–water partition coefficient (Wildman–Crippen LogP) is 4.72. The molecule has 0 aliphatic heterocycles. The first-order valence-electron chi connectivity index (χ1n) is 9.42. The molecule has 152 valence electrons. The molecule has 2 N–H and O–H groups in total. The molecule has 0 fully saturated rings. The van der Waals surface area contributed by atoms with Crippen LogP contribution in [0.15, 0.2) is 24.3 Å². The molecule has 0 saturated heterocycles. The number of hydrogen-bond donors (Lipinski definition) is 2. The van der Waals surface area contributed by atoms with Crippen LogP contribution in [0.5, 0.6) is 0 Å². The minimum Gasteiger partial charge on any atom is -0.444 e. The van der Waals surface area contributed by atoms with Crippen LogP contribution in [0.1, 0.15) is 74.3 Å². The van der Waals surface area contributed by atoms with Crippen LogP contribution in [-0.2, 0) is 11.3 Å². The Morgan fingerprint density at radius 3 is 2.32 bits per heavy atom. The van der Waals surface area contributed by atoms with E-state index in [1.54, 1.807) is 24.3 Å². The SMILES string of the molecule is CCC(CC)c1nnc(NC(=O)c2ccc(CNC(=O)OC(C)(C)C)cc2)s1. The first-order valence-corrected chi connectivity index (χ1v) is 10.2. The monoisotopic (exact) mass is 404 g/mol. The molecule has 0 aliphatic rings. The smallest absolute Gasteiger partial charge is 0.407 e. The molecule has 1 aromatic heterocycles. The molecular formula is C20H28N4O3S. The number of alkyl carbamates (subject to hydrolysis) is 1. The molecule has 0 bridgehead atoms. The highest BCUT2D eigenvalue weighted by atomic mass is 32.1. The summed E-state index contributed by atoms with van der Waals surface area (Å²) in [5.41, 5.74) is 0.847. The highest BCUT2D eigenvalue weighted by Gasteiger charge is 2.17. The van der Waals surface area contributed by atoms with Crippen molar-refractivity contribution in [3.63, 3.8) is 0 Å². The van der Waals surface area contributed by atoms with Crippen molar-refractivity contribution in [2.24, 2.45) is 0 Å². The van der Waals surface area contributed by atoms with Gasteiger partial charge in [0.25, 0.3) is 5.91 Å². The lowest BCUT2D eigenvalue weighted by molar-refractivity contribution is 0.0523. The maximum absolute atomic E-state index is 12.4. The van der Waals surface area contributed by atoms with Crippen molar-refractivity contribution in [2.45, 2.75) is 65.5 Å². The summed E-state index contributed by atoms with van der Waals surface area (Å²) in [5.74, 6) is 0.138. The molecule has 28 heavy (non-hydrogen) atoms.